The van der Waals surface area contributed by atoms with Gasteiger partial charge in [0, 0.05) is 17.3 Å². The molecule has 0 atom stereocenters. The monoisotopic (exact) mass is 478 g/mol. The molecule has 34 heavy (non-hydrogen) atoms. The Morgan fingerprint density at radius 3 is 2.32 bits per heavy atom. The van der Waals surface area contributed by atoms with Gasteiger partial charge < -0.3 is 9.88 Å². The van der Waals surface area contributed by atoms with Gasteiger partial charge in [-0.3, -0.25) is 9.59 Å². The Balaban J connectivity index is 1.83. The summed E-state index contributed by atoms with van der Waals surface area (Å²) in [6.45, 7) is 3.65. The summed E-state index contributed by atoms with van der Waals surface area (Å²) in [5.74, 6) is -0.964. The highest BCUT2D eigenvalue weighted by molar-refractivity contribution is 7.91. The molecule has 1 aromatic heterocycles. The molecule has 0 aliphatic heterocycles. The standard InChI is InChI=1S/C26H23FN2O4S/c1-3-18-6-13-23-22(14-18)26(31)24(34(32,33)21-11-7-19(27)8-12-21)15-29(23)16-25(30)28-20-9-4-17(2)5-10-20/h4-15H,3,16H2,1-2H3,(H,28,30). The van der Waals surface area contributed by atoms with Crippen LogP contribution < -0.4 is 10.7 Å². The minimum absolute atomic E-state index is 0.200. The molecule has 0 radical (unpaired) electrons. The van der Waals surface area contributed by atoms with Gasteiger partial charge in [-0.2, -0.15) is 0 Å². The smallest absolute Gasteiger partial charge is 0.244 e. The summed E-state index contributed by atoms with van der Waals surface area (Å²) in [6, 6.07) is 16.8. The number of pyridine rings is 1. The van der Waals surface area contributed by atoms with Gasteiger partial charge in [0.15, 0.2) is 0 Å². The Morgan fingerprint density at radius 1 is 1.00 bits per heavy atom. The van der Waals surface area contributed by atoms with Crippen LogP contribution in [-0.4, -0.2) is 18.9 Å². The van der Waals surface area contributed by atoms with Crippen LogP contribution in [0.15, 0.2) is 87.5 Å². The van der Waals surface area contributed by atoms with Crippen LogP contribution in [0.3, 0.4) is 0 Å². The number of halogens is 1. The van der Waals surface area contributed by atoms with Gasteiger partial charge in [-0.1, -0.05) is 30.7 Å². The van der Waals surface area contributed by atoms with E-state index in [0.717, 1.165) is 35.4 Å². The van der Waals surface area contributed by atoms with E-state index < -0.39 is 26.0 Å². The Bertz CT molecular complexity index is 1540. The molecule has 0 fully saturated rings. The molecule has 0 saturated carbocycles. The first-order chi connectivity index (χ1) is 16.2. The molecule has 174 valence electrons. The first kappa shape index (κ1) is 23.4. The second-order valence-corrected chi connectivity index (χ2v) is 9.95. The van der Waals surface area contributed by atoms with Crippen molar-refractivity contribution in [3.8, 4) is 0 Å². The molecule has 0 unspecified atom stereocenters. The molecule has 4 rings (SSSR count). The number of nitrogens with one attached hydrogen (secondary N) is 1. The number of nitrogens with zero attached hydrogens (tertiary/aromatic N) is 1. The number of benzene rings is 3. The summed E-state index contributed by atoms with van der Waals surface area (Å²) >= 11 is 0. The maximum absolute atomic E-state index is 13.4. The number of carbonyl (C=O) groups excluding carboxylic acids is 1. The number of hydrogen-bond acceptors (Lipinski definition) is 4. The average Bonchev–Trinajstić information content (AvgIpc) is 2.82. The molecule has 1 heterocycles. The van der Waals surface area contributed by atoms with Crippen LogP contribution >= 0.6 is 0 Å². The van der Waals surface area contributed by atoms with Crippen molar-refractivity contribution in [3.05, 3.63) is 100 Å². The summed E-state index contributed by atoms with van der Waals surface area (Å²) in [6.07, 6.45) is 1.84. The topological polar surface area (TPSA) is 85.2 Å². The summed E-state index contributed by atoms with van der Waals surface area (Å²) in [5.41, 5.74) is 2.29. The molecule has 1 N–H and O–H groups in total. The molecular formula is C26H23FN2O4S. The van der Waals surface area contributed by atoms with E-state index in [4.69, 9.17) is 0 Å². The Labute approximate surface area is 196 Å². The minimum Gasteiger partial charge on any atom is -0.336 e. The van der Waals surface area contributed by atoms with Crippen LogP contribution in [0.4, 0.5) is 10.1 Å². The van der Waals surface area contributed by atoms with Gasteiger partial charge in [0.05, 0.1) is 10.4 Å². The predicted molar refractivity (Wildman–Crippen MR) is 129 cm³/mol. The highest BCUT2D eigenvalue weighted by atomic mass is 32.2. The SMILES string of the molecule is CCc1ccc2c(c1)c(=O)c(S(=O)(=O)c1ccc(F)cc1)cn2CC(=O)Nc1ccc(C)cc1. The van der Waals surface area contributed by atoms with Crippen LogP contribution in [0.1, 0.15) is 18.1 Å². The first-order valence-electron chi connectivity index (χ1n) is 10.7. The lowest BCUT2D eigenvalue weighted by atomic mass is 10.1. The average molecular weight is 479 g/mol. The summed E-state index contributed by atoms with van der Waals surface area (Å²) in [7, 11) is -4.25. The minimum atomic E-state index is -4.25. The molecule has 0 spiro atoms. The first-order valence-corrected chi connectivity index (χ1v) is 12.2. The molecule has 0 aliphatic carbocycles. The van der Waals surface area contributed by atoms with E-state index in [0.29, 0.717) is 17.6 Å². The van der Waals surface area contributed by atoms with Crippen molar-refractivity contribution in [2.24, 2.45) is 0 Å². The van der Waals surface area contributed by atoms with Gasteiger partial charge in [0.1, 0.15) is 17.3 Å². The molecular weight excluding hydrogens is 455 g/mol. The number of anilines is 1. The highest BCUT2D eigenvalue weighted by Gasteiger charge is 2.24. The maximum Gasteiger partial charge on any atom is 0.244 e. The van der Waals surface area contributed by atoms with E-state index in [2.05, 4.69) is 5.32 Å². The van der Waals surface area contributed by atoms with Crippen LogP contribution in [0.25, 0.3) is 10.9 Å². The van der Waals surface area contributed by atoms with Gasteiger partial charge in [-0.25, -0.2) is 12.8 Å². The fourth-order valence-corrected chi connectivity index (χ4v) is 5.06. The lowest BCUT2D eigenvalue weighted by Crippen LogP contribution is -2.24. The molecule has 3 aromatic carbocycles. The van der Waals surface area contributed by atoms with Gasteiger partial charge in [-0.05, 0) is 67.4 Å². The quantitative estimate of drug-likeness (QED) is 0.414. The van der Waals surface area contributed by atoms with Crippen molar-refractivity contribution in [1.29, 1.82) is 0 Å². The van der Waals surface area contributed by atoms with Gasteiger partial charge in [-0.15, -0.1) is 0 Å². The Hall–Kier alpha value is -3.78. The van der Waals surface area contributed by atoms with Crippen molar-refractivity contribution < 1.29 is 17.6 Å². The van der Waals surface area contributed by atoms with Gasteiger partial charge in [0.25, 0.3) is 0 Å². The summed E-state index contributed by atoms with van der Waals surface area (Å²) in [5, 5.41) is 2.99. The van der Waals surface area contributed by atoms with Crippen LogP contribution in [0.2, 0.25) is 0 Å². The highest BCUT2D eigenvalue weighted by Crippen LogP contribution is 2.23. The largest absolute Gasteiger partial charge is 0.336 e. The zero-order chi connectivity index (χ0) is 24.5. The molecule has 6 nitrogen and oxygen atoms in total. The lowest BCUT2D eigenvalue weighted by Gasteiger charge is -2.15. The molecule has 1 amide bonds. The van der Waals surface area contributed by atoms with Crippen molar-refractivity contribution in [2.75, 3.05) is 5.32 Å². The number of sulfone groups is 1. The third-order valence-corrected chi connectivity index (χ3v) is 7.35. The molecule has 4 aromatic rings. The summed E-state index contributed by atoms with van der Waals surface area (Å²) < 4.78 is 41.4. The van der Waals surface area contributed by atoms with Crippen molar-refractivity contribution >= 4 is 32.3 Å². The molecule has 0 aliphatic rings. The Morgan fingerprint density at radius 2 is 1.68 bits per heavy atom. The number of rotatable bonds is 6. The lowest BCUT2D eigenvalue weighted by molar-refractivity contribution is -0.116. The number of aryl methyl sites for hydroxylation is 2. The molecule has 0 bridgehead atoms. The summed E-state index contributed by atoms with van der Waals surface area (Å²) in [4.78, 5) is 25.4. The normalized spacial score (nSPS) is 11.5. The third kappa shape index (κ3) is 4.63. The number of aromatic nitrogens is 1. The van der Waals surface area contributed by atoms with Crippen LogP contribution in [-0.2, 0) is 27.6 Å². The number of hydrogen-bond donors (Lipinski definition) is 1. The van der Waals surface area contributed by atoms with E-state index in [-0.39, 0.29) is 22.7 Å². The fourth-order valence-electron chi connectivity index (χ4n) is 3.69. The van der Waals surface area contributed by atoms with Crippen molar-refractivity contribution in [3.63, 3.8) is 0 Å². The fraction of sp³-hybridized carbons (Fsp3) is 0.154. The van der Waals surface area contributed by atoms with E-state index in [1.54, 1.807) is 24.3 Å². The molecule has 8 heteroatoms. The second-order valence-electron chi connectivity index (χ2n) is 8.03. The third-order valence-electron chi connectivity index (χ3n) is 5.58. The van der Waals surface area contributed by atoms with Crippen molar-refractivity contribution in [2.45, 2.75) is 36.6 Å². The van der Waals surface area contributed by atoms with Gasteiger partial charge >= 0.3 is 0 Å². The van der Waals surface area contributed by atoms with E-state index in [9.17, 15) is 22.4 Å². The van der Waals surface area contributed by atoms with Crippen molar-refractivity contribution in [1.82, 2.24) is 4.57 Å². The van der Waals surface area contributed by atoms with Crippen LogP contribution in [0, 0.1) is 12.7 Å². The Kier molecular flexibility index (Phi) is 6.34. The van der Waals surface area contributed by atoms with E-state index in [1.807, 2.05) is 32.0 Å². The zero-order valence-corrected chi connectivity index (χ0v) is 19.5. The second kappa shape index (κ2) is 9.23. The number of amides is 1. The number of fused-ring (bicyclic) bond motifs is 1. The van der Waals surface area contributed by atoms with Gasteiger partial charge in [0.2, 0.25) is 21.2 Å². The van der Waals surface area contributed by atoms with E-state index >= 15 is 0 Å². The molecule has 0 saturated heterocycles. The van der Waals surface area contributed by atoms with E-state index in [1.165, 1.54) is 10.8 Å². The van der Waals surface area contributed by atoms with Crippen LogP contribution in [0.5, 0.6) is 0 Å². The zero-order valence-electron chi connectivity index (χ0n) is 18.7. The maximum atomic E-state index is 13.4. The predicted octanol–water partition coefficient (Wildman–Crippen LogP) is 4.48. The number of carbonyl (C=O) groups is 1.